The van der Waals surface area contributed by atoms with Gasteiger partial charge in [0.15, 0.2) is 0 Å². The minimum absolute atomic E-state index is 0.0406. The Balaban J connectivity index is 0.766. The number of halogens is 2. The quantitative estimate of drug-likeness (QED) is 0.0169. The highest BCUT2D eigenvalue weighted by Gasteiger charge is 2.40. The second-order valence-electron chi connectivity index (χ2n) is 24.2. The van der Waals surface area contributed by atoms with E-state index in [1.165, 1.54) is 111 Å². The number of carbonyl (C=O) groups excluding carboxylic acids is 7. The molecule has 4 aromatic carbocycles. The van der Waals surface area contributed by atoms with Gasteiger partial charge in [-0.2, -0.15) is 4.36 Å². The molecule has 10 amide bonds. The summed E-state index contributed by atoms with van der Waals surface area (Å²) < 4.78 is 97.7. The zero-order chi connectivity index (χ0) is 76.2. The fourth-order valence-corrected chi connectivity index (χ4v) is 13.0. The molecule has 0 bridgehead atoms. The third kappa shape index (κ3) is 26.4. The number of benzene rings is 4. The Morgan fingerprint density at radius 3 is 1.99 bits per heavy atom. The van der Waals surface area contributed by atoms with E-state index in [4.69, 9.17) is 18.9 Å². The summed E-state index contributed by atoms with van der Waals surface area (Å²) in [4.78, 5) is 126. The fraction of sp³-hybridized carbons (Fsp3) is 0.377. The summed E-state index contributed by atoms with van der Waals surface area (Å²) in [6.45, 7) is 6.21. The van der Waals surface area contributed by atoms with Crippen LogP contribution in [-0.4, -0.2) is 182 Å². The number of hydrogen-bond acceptors (Lipinski definition) is 19. The second kappa shape index (κ2) is 39.6. The average Bonchev–Trinajstić information content (AvgIpc) is 1.15. The first kappa shape index (κ1) is 81.3. The number of amides is 10. The average molecular weight is 1500 g/mol. The molecular formula is C69H84F2N14O18S2. The lowest BCUT2D eigenvalue weighted by Gasteiger charge is -2.29. The minimum atomic E-state index is -4.19. The van der Waals surface area contributed by atoms with Gasteiger partial charge in [0.25, 0.3) is 15.9 Å². The zero-order valence-electron chi connectivity index (χ0n) is 58.0. The van der Waals surface area contributed by atoms with E-state index in [-0.39, 0.29) is 127 Å². The number of likely N-dealkylation sites (tertiary alicyclic amines) is 1. The molecular weight excluding hydrogens is 1410 g/mol. The molecule has 7 rings (SSSR count). The van der Waals surface area contributed by atoms with Crippen molar-refractivity contribution >= 4 is 108 Å². The van der Waals surface area contributed by atoms with Crippen molar-refractivity contribution in [3.8, 4) is 16.9 Å². The van der Waals surface area contributed by atoms with Crippen LogP contribution < -0.4 is 57.3 Å². The highest BCUT2D eigenvalue weighted by molar-refractivity contribution is 7.93. The Bertz CT molecular complexity index is 4320. The van der Waals surface area contributed by atoms with Gasteiger partial charge in [-0.25, -0.2) is 45.8 Å². The third-order valence-electron chi connectivity index (χ3n) is 15.5. The molecule has 0 saturated carbocycles. The van der Waals surface area contributed by atoms with Crippen LogP contribution in [0.3, 0.4) is 0 Å². The number of hydrogen-bond donors (Lipinski definition) is 12. The third-order valence-corrected chi connectivity index (χ3v) is 18.3. The smallest absolute Gasteiger partial charge is 0.319 e. The maximum atomic E-state index is 15.0. The molecule has 36 heteroatoms. The Morgan fingerprint density at radius 1 is 0.676 bits per heavy atom. The molecule has 105 heavy (non-hydrogen) atoms. The van der Waals surface area contributed by atoms with Crippen molar-refractivity contribution in [1.82, 2.24) is 41.5 Å². The first-order valence-corrected chi connectivity index (χ1v) is 36.7. The molecule has 6 aromatic rings. The van der Waals surface area contributed by atoms with Crippen LogP contribution in [-0.2, 0) is 68.5 Å². The molecule has 2 aromatic heterocycles. The van der Waals surface area contributed by atoms with Crippen molar-refractivity contribution in [3.05, 3.63) is 144 Å². The van der Waals surface area contributed by atoms with Gasteiger partial charge in [-0.3, -0.25) is 33.5 Å². The Hall–Kier alpha value is -11.0. The molecule has 32 nitrogen and oxygen atoms in total. The molecule has 1 aliphatic heterocycles. The van der Waals surface area contributed by atoms with Crippen LogP contribution in [0.15, 0.2) is 131 Å². The lowest BCUT2D eigenvalue weighted by molar-refractivity contribution is -0.146. The predicted octanol–water partition coefficient (Wildman–Crippen LogP) is 7.32. The molecule has 1 saturated heterocycles. The van der Waals surface area contributed by atoms with Crippen LogP contribution in [0.25, 0.3) is 11.1 Å². The van der Waals surface area contributed by atoms with Crippen molar-refractivity contribution in [1.29, 1.82) is 0 Å². The summed E-state index contributed by atoms with van der Waals surface area (Å²) >= 11 is 0. The van der Waals surface area contributed by atoms with Crippen LogP contribution in [0.1, 0.15) is 76.5 Å². The van der Waals surface area contributed by atoms with Crippen molar-refractivity contribution in [2.24, 2.45) is 10.3 Å². The van der Waals surface area contributed by atoms with Gasteiger partial charge in [0.05, 0.1) is 92.2 Å². The number of sulfonamides is 1. The number of pyridine rings is 2. The van der Waals surface area contributed by atoms with E-state index in [1.807, 2.05) is 6.92 Å². The van der Waals surface area contributed by atoms with E-state index >= 15 is 0 Å². The molecule has 5 atom stereocenters. The normalized spacial score (nSPS) is 14.1. The van der Waals surface area contributed by atoms with Gasteiger partial charge in [-0.15, -0.1) is 0 Å². The number of rotatable bonds is 38. The van der Waals surface area contributed by atoms with Gasteiger partial charge < -0.3 is 81.9 Å². The maximum Gasteiger partial charge on any atom is 0.319 e. The molecule has 1 aliphatic rings. The highest BCUT2D eigenvalue weighted by atomic mass is 32.2. The maximum absolute atomic E-state index is 15.0. The van der Waals surface area contributed by atoms with Crippen molar-refractivity contribution in [2.45, 2.75) is 94.1 Å². The lowest BCUT2D eigenvalue weighted by atomic mass is 10.0. The summed E-state index contributed by atoms with van der Waals surface area (Å²) in [6, 6.07) is 18.6. The monoisotopic (exact) mass is 1500 g/mol. The van der Waals surface area contributed by atoms with E-state index in [0.717, 1.165) is 23.2 Å². The van der Waals surface area contributed by atoms with Gasteiger partial charge >= 0.3 is 30.0 Å². The Morgan fingerprint density at radius 2 is 1.31 bits per heavy atom. The number of carbonyl (C=O) groups is 9. The first-order chi connectivity index (χ1) is 50.1. The van der Waals surface area contributed by atoms with Crippen LogP contribution in [0.4, 0.5) is 57.5 Å². The number of aliphatic carboxylic acids is 2. The van der Waals surface area contributed by atoms with E-state index in [9.17, 15) is 74.8 Å². The molecule has 1 fully saturated rings. The molecule has 0 aliphatic carbocycles. The number of carboxylic acids is 2. The lowest BCUT2D eigenvalue weighted by Crippen LogP contribution is -2.56. The van der Waals surface area contributed by atoms with Crippen molar-refractivity contribution in [2.75, 3.05) is 98.6 Å². The van der Waals surface area contributed by atoms with Gasteiger partial charge in [0.2, 0.25) is 17.7 Å². The molecule has 5 unspecified atom stereocenters. The van der Waals surface area contributed by atoms with Crippen LogP contribution in [0, 0.1) is 17.6 Å². The van der Waals surface area contributed by atoms with Gasteiger partial charge in [-0.1, -0.05) is 39.0 Å². The highest BCUT2D eigenvalue weighted by Crippen LogP contribution is 2.34. The zero-order valence-corrected chi connectivity index (χ0v) is 59.7. The largest absolute Gasteiger partial charge is 0.496 e. The standard InChI is InChI=1S/C69H84F2N14O18S2/c1-6-23-73-67(94)78-48-11-8-13-50(36-48)105(98,99)83-49-12-7-10-44(34-49)54(38-61(87)88)80-69(96)77-47-18-16-46(17-19-47)76-68(95)74-25-28-102-30-32-103-31-29-101-27-22-60(86)79-55(39-62(89)90)66(93)85-26-9-14-56(85)64(91)82-63(42(2)3)65(92)84-104(5,97)41-43-21-24-72-58(33-43)81-59-37-52(53(71)40-75-59)51-20-15-45(70)35-57(51)100-4/h7-8,10-13,15-21,24,33-37,40,42,54-56,63,83H,6,9,14,22-23,25-32,38-39,41H2,1-5H3,(H,79,86)(H,82,91)(H,87,88)(H,89,90)(H,72,75,81)(H2,73,78,94)(H2,74,76,95)(H2,77,80,96). The molecule has 12 N–H and O–H groups in total. The van der Waals surface area contributed by atoms with Gasteiger partial charge in [0.1, 0.15) is 47.1 Å². The summed E-state index contributed by atoms with van der Waals surface area (Å²) in [5.41, 5.74) is 2.01. The number of nitrogens with one attached hydrogen (secondary N) is 10. The van der Waals surface area contributed by atoms with Crippen LogP contribution in [0.5, 0.6) is 5.75 Å². The number of nitrogens with zero attached hydrogens (tertiary/aromatic N) is 4. The second-order valence-corrected chi connectivity index (χ2v) is 28.2. The topological polar surface area (TPSA) is 444 Å². The van der Waals surface area contributed by atoms with Gasteiger partial charge in [0, 0.05) is 78.5 Å². The summed E-state index contributed by atoms with van der Waals surface area (Å²) in [6.07, 6.45) is 3.22. The summed E-state index contributed by atoms with van der Waals surface area (Å²) in [5.74, 6) is -7.43. The number of aromatic nitrogens is 2. The molecule has 564 valence electrons. The Labute approximate surface area is 604 Å². The van der Waals surface area contributed by atoms with E-state index < -0.39 is 128 Å². The van der Waals surface area contributed by atoms with E-state index in [0.29, 0.717) is 30.6 Å². The van der Waals surface area contributed by atoms with Crippen molar-refractivity contribution in [3.63, 3.8) is 0 Å². The number of methoxy groups -OCH3 is 1. The Kier molecular flexibility index (Phi) is 30.7. The number of anilines is 6. The van der Waals surface area contributed by atoms with Gasteiger partial charge in [-0.05, 0) is 121 Å². The predicted molar refractivity (Wildman–Crippen MR) is 383 cm³/mol. The fourth-order valence-electron chi connectivity index (χ4n) is 10.6. The first-order valence-electron chi connectivity index (χ1n) is 33.1. The summed E-state index contributed by atoms with van der Waals surface area (Å²) in [7, 11) is -6.19. The minimum Gasteiger partial charge on any atom is -0.496 e. The number of ether oxygens (including phenoxy) is 4. The van der Waals surface area contributed by atoms with Crippen LogP contribution >= 0.6 is 0 Å². The molecule has 3 heterocycles. The molecule has 0 spiro atoms. The summed E-state index contributed by atoms with van der Waals surface area (Å²) in [5, 5.41) is 43.1. The van der Waals surface area contributed by atoms with E-state index in [1.54, 1.807) is 19.9 Å². The van der Waals surface area contributed by atoms with E-state index in [2.05, 4.69) is 66.9 Å². The van der Waals surface area contributed by atoms with Crippen molar-refractivity contribution < 1.29 is 93.7 Å². The SMILES string of the molecule is CCCNC(=O)Nc1cccc(S(=O)(=O)Nc2cccc(C(CC(=O)O)NC(=O)Nc3ccc(NC(=O)NCCOCCOCCOCCC(=O)NC(CC(=O)O)C(=O)N4CCCC4C(=O)NC(C(=O)N=S(C)(=O)Cc4ccnc(Nc5cc(-c6ccc(F)cc6OC)c(F)cn5)c4)C(C)C)cc3)c2)c1. The molecule has 0 radical (unpaired) electrons. The number of carboxylic acid groups (broad SMARTS) is 2. The number of urea groups is 3. The van der Waals surface area contributed by atoms with Crippen LogP contribution in [0.2, 0.25) is 0 Å².